The number of hydrogen-bond donors (Lipinski definition) is 2. The monoisotopic (exact) mass is 404 g/mol. The van der Waals surface area contributed by atoms with Gasteiger partial charge in [-0.25, -0.2) is 0 Å². The van der Waals surface area contributed by atoms with Crippen LogP contribution >= 0.6 is 0 Å². The van der Waals surface area contributed by atoms with Crippen molar-refractivity contribution in [2.24, 2.45) is 0 Å². The largest absolute Gasteiger partial charge is 0.494 e. The van der Waals surface area contributed by atoms with Gasteiger partial charge in [0.15, 0.2) is 6.61 Å². The summed E-state index contributed by atoms with van der Waals surface area (Å²) in [6, 6.07) is 24.2. The van der Waals surface area contributed by atoms with Crippen LogP contribution in [0.25, 0.3) is 11.1 Å². The molecule has 0 saturated heterocycles. The first-order valence-electron chi connectivity index (χ1n) is 9.76. The number of rotatable bonds is 8. The van der Waals surface area contributed by atoms with Gasteiger partial charge in [0.1, 0.15) is 11.5 Å². The highest BCUT2D eigenvalue weighted by molar-refractivity contribution is 5.95. The van der Waals surface area contributed by atoms with Gasteiger partial charge in [0, 0.05) is 5.56 Å². The molecule has 3 aromatic rings. The molecule has 0 spiro atoms. The molecule has 0 fully saturated rings. The van der Waals surface area contributed by atoms with E-state index in [1.165, 1.54) is 0 Å². The highest BCUT2D eigenvalue weighted by Crippen LogP contribution is 2.22. The van der Waals surface area contributed by atoms with Crippen molar-refractivity contribution in [3.8, 4) is 22.6 Å². The molecule has 0 bridgehead atoms. The zero-order valence-corrected chi connectivity index (χ0v) is 16.8. The molecule has 0 atom stereocenters. The van der Waals surface area contributed by atoms with E-state index in [0.717, 1.165) is 17.5 Å². The Morgan fingerprint density at radius 1 is 0.767 bits per heavy atom. The van der Waals surface area contributed by atoms with Gasteiger partial charge in [-0.15, -0.1) is 0 Å². The van der Waals surface area contributed by atoms with Gasteiger partial charge in [0.05, 0.1) is 6.61 Å². The van der Waals surface area contributed by atoms with Crippen LogP contribution in [0, 0.1) is 0 Å². The zero-order chi connectivity index (χ0) is 21.2. The van der Waals surface area contributed by atoms with Crippen molar-refractivity contribution in [3.05, 3.63) is 84.4 Å². The lowest BCUT2D eigenvalue weighted by Crippen LogP contribution is -2.43. The fourth-order valence-corrected chi connectivity index (χ4v) is 2.70. The molecule has 0 saturated carbocycles. The van der Waals surface area contributed by atoms with E-state index in [9.17, 15) is 9.59 Å². The number of hydrogen-bond acceptors (Lipinski definition) is 4. The quantitative estimate of drug-likeness (QED) is 0.557. The second-order valence-corrected chi connectivity index (χ2v) is 6.56. The summed E-state index contributed by atoms with van der Waals surface area (Å²) < 4.78 is 11.0. The Labute approximate surface area is 175 Å². The number of carbonyl (C=O) groups is 2. The predicted molar refractivity (Wildman–Crippen MR) is 115 cm³/mol. The lowest BCUT2D eigenvalue weighted by atomic mass is 10.1. The fraction of sp³-hybridized carbons (Fsp3) is 0.167. The van der Waals surface area contributed by atoms with E-state index < -0.39 is 11.8 Å². The van der Waals surface area contributed by atoms with Gasteiger partial charge in [0.2, 0.25) is 0 Å². The molecule has 154 valence electrons. The molecule has 6 nitrogen and oxygen atoms in total. The fourth-order valence-electron chi connectivity index (χ4n) is 2.70. The number of carbonyl (C=O) groups excluding carboxylic acids is 2. The van der Waals surface area contributed by atoms with Gasteiger partial charge in [0.25, 0.3) is 11.8 Å². The summed E-state index contributed by atoms with van der Waals surface area (Å²) in [4.78, 5) is 24.2. The van der Waals surface area contributed by atoms with Crippen molar-refractivity contribution in [3.63, 3.8) is 0 Å². The number of benzene rings is 3. The first-order chi connectivity index (χ1) is 14.7. The van der Waals surface area contributed by atoms with Crippen molar-refractivity contribution < 1.29 is 19.1 Å². The first-order valence-corrected chi connectivity index (χ1v) is 9.76. The van der Waals surface area contributed by atoms with E-state index in [2.05, 4.69) is 10.9 Å². The topological polar surface area (TPSA) is 76.7 Å². The maximum Gasteiger partial charge on any atom is 0.276 e. The Bertz CT molecular complexity index is 972. The molecule has 0 aromatic heterocycles. The van der Waals surface area contributed by atoms with Gasteiger partial charge in [-0.1, -0.05) is 55.5 Å². The minimum absolute atomic E-state index is 0.218. The van der Waals surface area contributed by atoms with Crippen molar-refractivity contribution in [1.82, 2.24) is 10.9 Å². The molecule has 0 heterocycles. The third kappa shape index (κ3) is 6.10. The Hall–Kier alpha value is -3.80. The molecule has 0 unspecified atom stereocenters. The standard InChI is InChI=1S/C24H24N2O4/c1-2-15-29-22-10-6-9-20(16-22)24(28)26-25-23(27)17-30-21-13-11-19(12-14-21)18-7-4-3-5-8-18/h3-14,16H,2,15,17H2,1H3,(H,25,27)(H,26,28). The summed E-state index contributed by atoms with van der Waals surface area (Å²) in [5.41, 5.74) is 7.28. The van der Waals surface area contributed by atoms with E-state index >= 15 is 0 Å². The molecule has 0 aliphatic rings. The minimum atomic E-state index is -0.464. The Morgan fingerprint density at radius 3 is 2.23 bits per heavy atom. The Balaban J connectivity index is 1.45. The normalized spacial score (nSPS) is 10.2. The van der Waals surface area contributed by atoms with Crippen LogP contribution in [-0.4, -0.2) is 25.0 Å². The zero-order valence-electron chi connectivity index (χ0n) is 16.8. The van der Waals surface area contributed by atoms with Crippen LogP contribution in [0.2, 0.25) is 0 Å². The van der Waals surface area contributed by atoms with E-state index in [0.29, 0.717) is 23.7 Å². The number of ether oxygens (including phenoxy) is 2. The van der Waals surface area contributed by atoms with Gasteiger partial charge in [-0.2, -0.15) is 0 Å². The average Bonchev–Trinajstić information content (AvgIpc) is 2.81. The molecule has 6 heteroatoms. The molecule has 2 amide bonds. The average molecular weight is 404 g/mol. The first kappa shape index (κ1) is 20.9. The lowest BCUT2D eigenvalue weighted by Gasteiger charge is -2.10. The summed E-state index contributed by atoms with van der Waals surface area (Å²) in [6.07, 6.45) is 0.876. The van der Waals surface area contributed by atoms with Crippen LogP contribution in [0.3, 0.4) is 0 Å². The summed E-state index contributed by atoms with van der Waals surface area (Å²) >= 11 is 0. The van der Waals surface area contributed by atoms with Crippen molar-refractivity contribution in [2.75, 3.05) is 13.2 Å². The van der Waals surface area contributed by atoms with E-state index in [1.54, 1.807) is 36.4 Å². The lowest BCUT2D eigenvalue weighted by molar-refractivity contribution is -0.123. The van der Waals surface area contributed by atoms with Crippen LogP contribution in [0.4, 0.5) is 0 Å². The molecular formula is C24H24N2O4. The maximum atomic E-state index is 12.2. The third-order valence-electron chi connectivity index (χ3n) is 4.22. The van der Waals surface area contributed by atoms with Crippen LogP contribution in [0.15, 0.2) is 78.9 Å². The molecule has 3 rings (SSSR count). The van der Waals surface area contributed by atoms with Crippen LogP contribution in [0.5, 0.6) is 11.5 Å². The second kappa shape index (κ2) is 10.7. The van der Waals surface area contributed by atoms with Gasteiger partial charge < -0.3 is 9.47 Å². The highest BCUT2D eigenvalue weighted by atomic mass is 16.5. The molecular weight excluding hydrogens is 380 g/mol. The van der Waals surface area contributed by atoms with E-state index in [1.807, 2.05) is 49.4 Å². The van der Waals surface area contributed by atoms with Crippen molar-refractivity contribution in [1.29, 1.82) is 0 Å². The van der Waals surface area contributed by atoms with Crippen molar-refractivity contribution in [2.45, 2.75) is 13.3 Å². The Kier molecular flexibility index (Phi) is 7.44. The second-order valence-electron chi connectivity index (χ2n) is 6.56. The summed E-state index contributed by atoms with van der Waals surface area (Å²) in [5.74, 6) is 0.279. The number of hydrazine groups is 1. The highest BCUT2D eigenvalue weighted by Gasteiger charge is 2.09. The summed E-state index contributed by atoms with van der Waals surface area (Å²) in [5, 5.41) is 0. The molecule has 0 aliphatic heterocycles. The van der Waals surface area contributed by atoms with Crippen LogP contribution in [-0.2, 0) is 4.79 Å². The van der Waals surface area contributed by atoms with E-state index in [-0.39, 0.29) is 6.61 Å². The number of nitrogens with one attached hydrogen (secondary N) is 2. The van der Waals surface area contributed by atoms with Gasteiger partial charge in [-0.05, 0) is 47.9 Å². The van der Waals surface area contributed by atoms with Crippen LogP contribution < -0.4 is 20.3 Å². The van der Waals surface area contributed by atoms with Crippen molar-refractivity contribution >= 4 is 11.8 Å². The summed E-state index contributed by atoms with van der Waals surface area (Å²) in [7, 11) is 0. The molecule has 2 N–H and O–H groups in total. The molecule has 0 radical (unpaired) electrons. The molecule has 3 aromatic carbocycles. The SMILES string of the molecule is CCCOc1cccc(C(=O)NNC(=O)COc2ccc(-c3ccccc3)cc2)c1. The van der Waals surface area contributed by atoms with E-state index in [4.69, 9.17) is 9.47 Å². The number of amides is 2. The molecule has 0 aliphatic carbocycles. The van der Waals surface area contributed by atoms with Gasteiger partial charge >= 0.3 is 0 Å². The molecule has 30 heavy (non-hydrogen) atoms. The predicted octanol–water partition coefficient (Wildman–Crippen LogP) is 3.98. The third-order valence-corrected chi connectivity index (χ3v) is 4.22. The van der Waals surface area contributed by atoms with Crippen LogP contribution in [0.1, 0.15) is 23.7 Å². The minimum Gasteiger partial charge on any atom is -0.494 e. The smallest absolute Gasteiger partial charge is 0.276 e. The maximum absolute atomic E-state index is 12.2. The summed E-state index contributed by atoms with van der Waals surface area (Å²) in [6.45, 7) is 2.36. The van der Waals surface area contributed by atoms with Gasteiger partial charge in [-0.3, -0.25) is 20.4 Å². The Morgan fingerprint density at radius 2 is 1.50 bits per heavy atom.